The molecule has 1 unspecified atom stereocenters. The Morgan fingerprint density at radius 2 is 2.05 bits per heavy atom. The molecule has 112 valence electrons. The Labute approximate surface area is 128 Å². The van der Waals surface area contributed by atoms with E-state index in [0.29, 0.717) is 5.56 Å². The Kier molecular flexibility index (Phi) is 3.78. The van der Waals surface area contributed by atoms with Gasteiger partial charge in [-0.1, -0.05) is 0 Å². The van der Waals surface area contributed by atoms with Crippen LogP contribution in [0.3, 0.4) is 0 Å². The Morgan fingerprint density at radius 1 is 1.27 bits per heavy atom. The van der Waals surface area contributed by atoms with Gasteiger partial charge in [0.25, 0.3) is 5.91 Å². The van der Waals surface area contributed by atoms with Crippen LogP contribution in [-0.2, 0) is 0 Å². The highest BCUT2D eigenvalue weighted by Gasteiger charge is 2.20. The van der Waals surface area contributed by atoms with Crippen LogP contribution in [0, 0.1) is 0 Å². The highest BCUT2D eigenvalue weighted by atomic mass is 16.3. The van der Waals surface area contributed by atoms with Crippen LogP contribution in [-0.4, -0.2) is 27.4 Å². The summed E-state index contributed by atoms with van der Waals surface area (Å²) >= 11 is 0. The fourth-order valence-electron chi connectivity index (χ4n) is 2.29. The minimum atomic E-state index is -0.115. The van der Waals surface area contributed by atoms with Crippen LogP contribution >= 0.6 is 0 Å². The van der Waals surface area contributed by atoms with Crippen molar-refractivity contribution < 1.29 is 9.21 Å². The number of amides is 1. The summed E-state index contributed by atoms with van der Waals surface area (Å²) in [7, 11) is 1.78. The maximum Gasteiger partial charge on any atom is 0.254 e. The summed E-state index contributed by atoms with van der Waals surface area (Å²) in [6.07, 6.45) is 6.92. The van der Waals surface area contributed by atoms with Crippen molar-refractivity contribution in [3.8, 4) is 5.69 Å². The van der Waals surface area contributed by atoms with Crippen LogP contribution in [0.1, 0.15) is 29.1 Å². The van der Waals surface area contributed by atoms with Gasteiger partial charge in [0, 0.05) is 30.7 Å². The molecule has 5 nitrogen and oxygen atoms in total. The van der Waals surface area contributed by atoms with Crippen LogP contribution in [0.25, 0.3) is 5.69 Å². The smallest absolute Gasteiger partial charge is 0.254 e. The van der Waals surface area contributed by atoms with E-state index in [2.05, 4.69) is 4.98 Å². The topological polar surface area (TPSA) is 51.3 Å². The predicted molar refractivity (Wildman–Crippen MR) is 82.8 cm³/mol. The third-order valence-electron chi connectivity index (χ3n) is 3.77. The van der Waals surface area contributed by atoms with E-state index in [4.69, 9.17) is 4.42 Å². The number of imidazole rings is 1. The minimum absolute atomic E-state index is 0.0407. The van der Waals surface area contributed by atoms with Crippen molar-refractivity contribution in [3.05, 3.63) is 72.7 Å². The average Bonchev–Trinajstić information content (AvgIpc) is 3.26. The lowest BCUT2D eigenvalue weighted by atomic mass is 10.1. The molecule has 0 aliphatic rings. The van der Waals surface area contributed by atoms with E-state index >= 15 is 0 Å². The van der Waals surface area contributed by atoms with Gasteiger partial charge in [-0.05, 0) is 43.3 Å². The van der Waals surface area contributed by atoms with E-state index in [9.17, 15) is 4.79 Å². The highest BCUT2D eigenvalue weighted by molar-refractivity contribution is 5.94. The first-order valence-corrected chi connectivity index (χ1v) is 7.06. The third kappa shape index (κ3) is 2.65. The first-order chi connectivity index (χ1) is 10.7. The van der Waals surface area contributed by atoms with Gasteiger partial charge in [-0.2, -0.15) is 0 Å². The maximum absolute atomic E-state index is 12.5. The van der Waals surface area contributed by atoms with Gasteiger partial charge in [-0.25, -0.2) is 4.98 Å². The summed E-state index contributed by atoms with van der Waals surface area (Å²) in [6, 6.07) is 11.0. The van der Waals surface area contributed by atoms with Crippen molar-refractivity contribution in [1.82, 2.24) is 14.5 Å². The zero-order valence-electron chi connectivity index (χ0n) is 12.5. The van der Waals surface area contributed by atoms with Crippen LogP contribution in [0.4, 0.5) is 0 Å². The molecule has 0 bridgehead atoms. The molecule has 0 N–H and O–H groups in total. The Bertz CT molecular complexity index is 731. The van der Waals surface area contributed by atoms with Gasteiger partial charge in [0.15, 0.2) is 0 Å². The standard InChI is InChI=1S/C17H17N3O2/c1-13(16-4-3-11-22-16)19(2)17(21)14-5-7-15(8-6-14)20-10-9-18-12-20/h3-13H,1-2H3. The second kappa shape index (κ2) is 5.89. The largest absolute Gasteiger partial charge is 0.467 e. The summed E-state index contributed by atoms with van der Waals surface area (Å²) in [5, 5.41) is 0. The van der Waals surface area contributed by atoms with Crippen molar-refractivity contribution in [1.29, 1.82) is 0 Å². The molecule has 2 aromatic heterocycles. The summed E-state index contributed by atoms with van der Waals surface area (Å²) in [5.74, 6) is 0.729. The second-order valence-electron chi connectivity index (χ2n) is 5.12. The zero-order valence-corrected chi connectivity index (χ0v) is 12.5. The van der Waals surface area contributed by atoms with Gasteiger partial charge >= 0.3 is 0 Å². The van der Waals surface area contributed by atoms with Crippen molar-refractivity contribution in [3.63, 3.8) is 0 Å². The van der Waals surface area contributed by atoms with Crippen molar-refractivity contribution in [2.75, 3.05) is 7.05 Å². The first kappa shape index (κ1) is 14.1. The normalized spacial score (nSPS) is 12.1. The lowest BCUT2D eigenvalue weighted by Gasteiger charge is -2.23. The number of rotatable bonds is 4. The van der Waals surface area contributed by atoms with Gasteiger partial charge in [0.05, 0.1) is 18.6 Å². The molecule has 2 heterocycles. The summed E-state index contributed by atoms with van der Waals surface area (Å²) in [4.78, 5) is 18.2. The first-order valence-electron chi connectivity index (χ1n) is 7.06. The average molecular weight is 295 g/mol. The molecule has 1 amide bonds. The number of carbonyl (C=O) groups is 1. The number of hydrogen-bond donors (Lipinski definition) is 0. The molecular weight excluding hydrogens is 278 g/mol. The van der Waals surface area contributed by atoms with E-state index < -0.39 is 0 Å². The van der Waals surface area contributed by atoms with Gasteiger partial charge in [0.2, 0.25) is 0 Å². The van der Waals surface area contributed by atoms with Crippen LogP contribution in [0.5, 0.6) is 0 Å². The van der Waals surface area contributed by atoms with Gasteiger partial charge < -0.3 is 13.9 Å². The molecule has 0 radical (unpaired) electrons. The molecular formula is C17H17N3O2. The molecule has 5 heteroatoms. The highest BCUT2D eigenvalue weighted by Crippen LogP contribution is 2.21. The number of furan rings is 1. The molecule has 0 saturated heterocycles. The number of hydrogen-bond acceptors (Lipinski definition) is 3. The van der Waals surface area contributed by atoms with Crippen molar-refractivity contribution in [2.45, 2.75) is 13.0 Å². The molecule has 3 rings (SSSR count). The lowest BCUT2D eigenvalue weighted by molar-refractivity contribution is 0.0726. The monoisotopic (exact) mass is 295 g/mol. The van der Waals surface area contributed by atoms with E-state index in [1.165, 1.54) is 0 Å². The number of aromatic nitrogens is 2. The van der Waals surface area contributed by atoms with E-state index in [0.717, 1.165) is 11.4 Å². The number of benzene rings is 1. The molecule has 22 heavy (non-hydrogen) atoms. The third-order valence-corrected chi connectivity index (χ3v) is 3.77. The minimum Gasteiger partial charge on any atom is -0.467 e. The summed E-state index contributed by atoms with van der Waals surface area (Å²) in [6.45, 7) is 1.94. The van der Waals surface area contributed by atoms with Gasteiger partial charge in [0.1, 0.15) is 5.76 Å². The van der Waals surface area contributed by atoms with Crippen LogP contribution in [0.2, 0.25) is 0 Å². The molecule has 0 aliphatic carbocycles. The molecule has 0 aliphatic heterocycles. The van der Waals surface area contributed by atoms with E-state index in [-0.39, 0.29) is 11.9 Å². The Hall–Kier alpha value is -2.82. The van der Waals surface area contributed by atoms with Gasteiger partial charge in [-0.15, -0.1) is 0 Å². The van der Waals surface area contributed by atoms with Crippen LogP contribution < -0.4 is 0 Å². The quantitative estimate of drug-likeness (QED) is 0.742. The van der Waals surface area contributed by atoms with Crippen molar-refractivity contribution in [2.24, 2.45) is 0 Å². The molecule has 3 aromatic rings. The molecule has 0 spiro atoms. The van der Waals surface area contributed by atoms with Gasteiger partial charge in [-0.3, -0.25) is 4.79 Å². The SMILES string of the molecule is CC(c1ccco1)N(C)C(=O)c1ccc(-n2ccnc2)cc1. The zero-order chi connectivity index (χ0) is 15.5. The lowest BCUT2D eigenvalue weighted by Crippen LogP contribution is -2.29. The summed E-state index contributed by atoms with van der Waals surface area (Å²) in [5.41, 5.74) is 1.61. The van der Waals surface area contributed by atoms with Crippen molar-refractivity contribution >= 4 is 5.91 Å². The Balaban J connectivity index is 1.77. The fraction of sp³-hybridized carbons (Fsp3) is 0.176. The molecule has 0 fully saturated rings. The number of nitrogens with zero attached hydrogens (tertiary/aromatic N) is 3. The summed E-state index contributed by atoms with van der Waals surface area (Å²) < 4.78 is 7.26. The molecule has 1 aromatic carbocycles. The maximum atomic E-state index is 12.5. The molecule has 1 atom stereocenters. The Morgan fingerprint density at radius 3 is 2.64 bits per heavy atom. The number of carbonyl (C=O) groups excluding carboxylic acids is 1. The fourth-order valence-corrected chi connectivity index (χ4v) is 2.29. The molecule has 0 saturated carbocycles. The van der Waals surface area contributed by atoms with E-state index in [1.54, 1.807) is 30.7 Å². The van der Waals surface area contributed by atoms with Crippen LogP contribution in [0.15, 0.2) is 65.8 Å². The second-order valence-corrected chi connectivity index (χ2v) is 5.12. The predicted octanol–water partition coefficient (Wildman–Crippen LogP) is 3.30. The van der Waals surface area contributed by atoms with E-state index in [1.807, 2.05) is 54.1 Å².